The van der Waals surface area contributed by atoms with E-state index in [0.717, 1.165) is 22.3 Å². The van der Waals surface area contributed by atoms with Crippen LogP contribution in [0.25, 0.3) is 0 Å². The van der Waals surface area contributed by atoms with Gasteiger partial charge in [0.05, 0.1) is 25.9 Å². The minimum absolute atomic E-state index is 0.101. The van der Waals surface area contributed by atoms with E-state index in [1.807, 2.05) is 26.0 Å². The molecule has 0 aliphatic rings. The first-order valence-corrected chi connectivity index (χ1v) is 9.40. The monoisotopic (exact) mass is 392 g/mol. The molecule has 0 fully saturated rings. The van der Waals surface area contributed by atoms with Gasteiger partial charge in [0, 0.05) is 24.8 Å². The molecule has 3 rings (SSSR count). The number of aromatic nitrogens is 2. The minimum Gasteiger partial charge on any atom is -0.462 e. The second-order valence-corrected chi connectivity index (χ2v) is 7.02. The molecule has 3 aromatic rings. The lowest BCUT2D eigenvalue weighted by molar-refractivity contribution is -0.121. The average molecular weight is 392 g/mol. The molecule has 7 nitrogen and oxygen atoms in total. The first-order valence-electron chi connectivity index (χ1n) is 9.40. The highest BCUT2D eigenvalue weighted by molar-refractivity contribution is 5.78. The van der Waals surface area contributed by atoms with Crippen LogP contribution in [0.3, 0.4) is 0 Å². The van der Waals surface area contributed by atoms with E-state index in [1.54, 1.807) is 36.9 Å². The Kier molecular flexibility index (Phi) is 6.73. The topological polar surface area (TPSA) is 97.1 Å². The van der Waals surface area contributed by atoms with Gasteiger partial charge in [-0.2, -0.15) is 0 Å². The Morgan fingerprint density at radius 1 is 0.793 bits per heavy atom. The Bertz CT molecular complexity index is 919. The third-order valence-corrected chi connectivity index (χ3v) is 4.23. The van der Waals surface area contributed by atoms with Crippen LogP contribution in [-0.2, 0) is 35.5 Å². The number of nitrogens with one attached hydrogen (secondary N) is 2. The molecule has 0 saturated heterocycles. The second kappa shape index (κ2) is 9.64. The number of furan rings is 1. The predicted octanol–water partition coefficient (Wildman–Crippen LogP) is 2.40. The van der Waals surface area contributed by atoms with Crippen molar-refractivity contribution in [2.24, 2.45) is 0 Å². The Balaban J connectivity index is 1.42. The highest BCUT2D eigenvalue weighted by Gasteiger charge is 2.09. The first-order chi connectivity index (χ1) is 14.0. The zero-order valence-electron chi connectivity index (χ0n) is 16.6. The van der Waals surface area contributed by atoms with E-state index in [2.05, 4.69) is 20.6 Å². The lowest BCUT2D eigenvalue weighted by Crippen LogP contribution is -2.25. The number of pyridine rings is 2. The molecule has 2 amide bonds. The minimum atomic E-state index is -0.101. The van der Waals surface area contributed by atoms with Gasteiger partial charge in [0.15, 0.2) is 0 Å². The summed E-state index contributed by atoms with van der Waals surface area (Å²) < 4.78 is 5.67. The standard InChI is InChI=1S/C22H24N4O3/c1-15-5-17(11-23-9-15)7-21(27)25-13-19-3-4-20(29-19)14-26-22(28)8-18-6-16(2)10-24-12-18/h3-6,9-12H,7-8,13-14H2,1-2H3,(H,25,27)(H,26,28). The lowest BCUT2D eigenvalue weighted by atomic mass is 10.1. The molecule has 150 valence electrons. The van der Waals surface area contributed by atoms with Gasteiger partial charge in [0.2, 0.25) is 11.8 Å². The molecule has 0 aromatic carbocycles. The van der Waals surface area contributed by atoms with Crippen LogP contribution >= 0.6 is 0 Å². The van der Waals surface area contributed by atoms with Gasteiger partial charge < -0.3 is 15.1 Å². The molecule has 0 radical (unpaired) electrons. The molecular formula is C22H24N4O3. The Morgan fingerprint density at radius 2 is 1.24 bits per heavy atom. The van der Waals surface area contributed by atoms with E-state index in [4.69, 9.17) is 4.42 Å². The highest BCUT2D eigenvalue weighted by atomic mass is 16.3. The molecular weight excluding hydrogens is 368 g/mol. The number of hydrogen-bond acceptors (Lipinski definition) is 5. The number of aryl methyl sites for hydroxylation is 2. The van der Waals surface area contributed by atoms with E-state index >= 15 is 0 Å². The third kappa shape index (κ3) is 6.57. The van der Waals surface area contributed by atoms with Crippen molar-refractivity contribution >= 4 is 11.8 Å². The fourth-order valence-electron chi connectivity index (χ4n) is 2.91. The summed E-state index contributed by atoms with van der Waals surface area (Å²) >= 11 is 0. The molecule has 0 spiro atoms. The fraction of sp³-hybridized carbons (Fsp3) is 0.273. The molecule has 29 heavy (non-hydrogen) atoms. The van der Waals surface area contributed by atoms with Crippen molar-refractivity contribution in [3.63, 3.8) is 0 Å². The number of carbonyl (C=O) groups is 2. The van der Waals surface area contributed by atoms with Crippen LogP contribution in [0.4, 0.5) is 0 Å². The van der Waals surface area contributed by atoms with Crippen LogP contribution in [0.2, 0.25) is 0 Å². The molecule has 0 bridgehead atoms. The average Bonchev–Trinajstić information content (AvgIpc) is 3.13. The van der Waals surface area contributed by atoms with Gasteiger partial charge in [-0.25, -0.2) is 0 Å². The van der Waals surface area contributed by atoms with E-state index in [-0.39, 0.29) is 24.7 Å². The van der Waals surface area contributed by atoms with Crippen molar-refractivity contribution in [3.05, 3.63) is 82.8 Å². The molecule has 7 heteroatoms. The summed E-state index contributed by atoms with van der Waals surface area (Å²) in [6.45, 7) is 4.46. The van der Waals surface area contributed by atoms with Gasteiger partial charge in [-0.1, -0.05) is 12.1 Å². The van der Waals surface area contributed by atoms with E-state index in [1.165, 1.54) is 0 Å². The van der Waals surface area contributed by atoms with Crippen LogP contribution in [-0.4, -0.2) is 21.8 Å². The Labute approximate surface area is 169 Å². The molecule has 0 unspecified atom stereocenters. The molecule has 2 N–H and O–H groups in total. The van der Waals surface area contributed by atoms with Crippen LogP contribution in [0, 0.1) is 13.8 Å². The smallest absolute Gasteiger partial charge is 0.224 e. The normalized spacial score (nSPS) is 10.6. The molecule has 3 aromatic heterocycles. The van der Waals surface area contributed by atoms with Crippen molar-refractivity contribution in [2.45, 2.75) is 39.8 Å². The van der Waals surface area contributed by atoms with Gasteiger partial charge in [-0.05, 0) is 48.2 Å². The summed E-state index contributed by atoms with van der Waals surface area (Å²) in [5.74, 6) is 1.06. The van der Waals surface area contributed by atoms with E-state index in [9.17, 15) is 9.59 Å². The van der Waals surface area contributed by atoms with Crippen LogP contribution in [0.15, 0.2) is 53.5 Å². The Hall–Kier alpha value is -3.48. The summed E-state index contributed by atoms with van der Waals surface area (Å²) in [5.41, 5.74) is 3.78. The zero-order valence-corrected chi connectivity index (χ0v) is 16.6. The van der Waals surface area contributed by atoms with Crippen LogP contribution in [0.5, 0.6) is 0 Å². The number of carbonyl (C=O) groups excluding carboxylic acids is 2. The van der Waals surface area contributed by atoms with Gasteiger partial charge in [0.1, 0.15) is 11.5 Å². The van der Waals surface area contributed by atoms with Gasteiger partial charge in [0.25, 0.3) is 0 Å². The number of amides is 2. The summed E-state index contributed by atoms with van der Waals surface area (Å²) in [6.07, 6.45) is 7.42. The molecule has 0 saturated carbocycles. The molecule has 3 heterocycles. The maximum atomic E-state index is 12.1. The second-order valence-electron chi connectivity index (χ2n) is 7.02. The van der Waals surface area contributed by atoms with Crippen LogP contribution < -0.4 is 10.6 Å². The Morgan fingerprint density at radius 3 is 1.66 bits per heavy atom. The number of hydrogen-bond donors (Lipinski definition) is 2. The summed E-state index contributed by atoms with van der Waals surface area (Å²) in [5, 5.41) is 5.66. The first kappa shape index (κ1) is 20.3. The van der Waals surface area contributed by atoms with Gasteiger partial charge >= 0.3 is 0 Å². The highest BCUT2D eigenvalue weighted by Crippen LogP contribution is 2.09. The quantitative estimate of drug-likeness (QED) is 0.614. The maximum Gasteiger partial charge on any atom is 0.224 e. The summed E-state index contributed by atoms with van der Waals surface area (Å²) in [7, 11) is 0. The third-order valence-electron chi connectivity index (χ3n) is 4.23. The van der Waals surface area contributed by atoms with E-state index < -0.39 is 0 Å². The van der Waals surface area contributed by atoms with Crippen LogP contribution in [0.1, 0.15) is 33.8 Å². The molecule has 0 aliphatic heterocycles. The maximum absolute atomic E-state index is 12.1. The van der Waals surface area contributed by atoms with Gasteiger partial charge in [-0.3, -0.25) is 19.6 Å². The fourth-order valence-corrected chi connectivity index (χ4v) is 2.91. The van der Waals surface area contributed by atoms with Crippen molar-refractivity contribution in [1.29, 1.82) is 0 Å². The van der Waals surface area contributed by atoms with Crippen molar-refractivity contribution in [3.8, 4) is 0 Å². The summed E-state index contributed by atoms with van der Waals surface area (Å²) in [4.78, 5) is 32.3. The summed E-state index contributed by atoms with van der Waals surface area (Å²) in [6, 6.07) is 7.46. The van der Waals surface area contributed by atoms with Crippen molar-refractivity contribution < 1.29 is 14.0 Å². The number of rotatable bonds is 8. The molecule has 0 aliphatic carbocycles. The predicted molar refractivity (Wildman–Crippen MR) is 108 cm³/mol. The molecule has 0 atom stereocenters. The van der Waals surface area contributed by atoms with Crippen molar-refractivity contribution in [1.82, 2.24) is 20.6 Å². The zero-order chi connectivity index (χ0) is 20.6. The SMILES string of the molecule is Cc1cncc(CC(=O)NCc2ccc(CNC(=O)Cc3cncc(C)c3)o2)c1. The van der Waals surface area contributed by atoms with Gasteiger partial charge in [-0.15, -0.1) is 0 Å². The van der Waals surface area contributed by atoms with E-state index in [0.29, 0.717) is 24.6 Å². The van der Waals surface area contributed by atoms with Crippen molar-refractivity contribution in [2.75, 3.05) is 0 Å². The lowest BCUT2D eigenvalue weighted by Gasteiger charge is -2.05. The number of nitrogens with zero attached hydrogens (tertiary/aromatic N) is 2. The largest absolute Gasteiger partial charge is 0.462 e.